The van der Waals surface area contributed by atoms with E-state index in [4.69, 9.17) is 0 Å². The van der Waals surface area contributed by atoms with Crippen LogP contribution >= 0.6 is 12.6 Å². The van der Waals surface area contributed by atoms with E-state index in [9.17, 15) is 4.79 Å². The molecule has 0 aromatic carbocycles. The Morgan fingerprint density at radius 1 is 1.60 bits per heavy atom. The first kappa shape index (κ1) is 12.0. The molecule has 1 amide bonds. The quantitative estimate of drug-likeness (QED) is 0.746. The van der Waals surface area contributed by atoms with Crippen molar-refractivity contribution in [3.05, 3.63) is 29.6 Å². The summed E-state index contributed by atoms with van der Waals surface area (Å²) in [6.07, 6.45) is 3.14. The van der Waals surface area contributed by atoms with E-state index >= 15 is 0 Å². The summed E-state index contributed by atoms with van der Waals surface area (Å²) >= 11 is 4.00. The van der Waals surface area contributed by atoms with Gasteiger partial charge in [0.05, 0.1) is 12.2 Å². The van der Waals surface area contributed by atoms with Crippen LogP contribution in [0.15, 0.2) is 18.3 Å². The molecule has 4 heteroatoms. The lowest BCUT2D eigenvalue weighted by Crippen LogP contribution is -2.23. The maximum absolute atomic E-state index is 11.2. The Bertz CT molecular complexity index is 328. The Kier molecular flexibility index (Phi) is 5.18. The molecule has 0 saturated carbocycles. The number of aryl methyl sites for hydroxylation is 1. The molecule has 15 heavy (non-hydrogen) atoms. The second kappa shape index (κ2) is 6.45. The van der Waals surface area contributed by atoms with Crippen molar-refractivity contribution in [2.75, 3.05) is 5.75 Å². The van der Waals surface area contributed by atoms with Crippen molar-refractivity contribution in [3.8, 4) is 0 Å². The van der Waals surface area contributed by atoms with Gasteiger partial charge in [0.1, 0.15) is 0 Å². The van der Waals surface area contributed by atoms with Crippen LogP contribution in [0.1, 0.15) is 24.6 Å². The van der Waals surface area contributed by atoms with Gasteiger partial charge in [-0.3, -0.25) is 9.78 Å². The topological polar surface area (TPSA) is 42.0 Å². The Labute approximate surface area is 95.7 Å². The second-order valence-corrected chi connectivity index (χ2v) is 3.66. The highest BCUT2D eigenvalue weighted by molar-refractivity contribution is 7.80. The van der Waals surface area contributed by atoms with Gasteiger partial charge in [-0.05, 0) is 23.8 Å². The normalized spacial score (nSPS) is 10.0. The number of amides is 1. The third-order valence-corrected chi connectivity index (χ3v) is 2.38. The van der Waals surface area contributed by atoms with Gasteiger partial charge < -0.3 is 5.32 Å². The average Bonchev–Trinajstić information content (AvgIpc) is 2.27. The number of hydrogen-bond acceptors (Lipinski definition) is 3. The predicted molar refractivity (Wildman–Crippen MR) is 63.9 cm³/mol. The first-order valence-corrected chi connectivity index (χ1v) is 5.71. The van der Waals surface area contributed by atoms with Crippen molar-refractivity contribution in [3.63, 3.8) is 0 Å². The van der Waals surface area contributed by atoms with E-state index in [0.29, 0.717) is 18.7 Å². The smallest absolute Gasteiger partial charge is 0.221 e. The van der Waals surface area contributed by atoms with E-state index in [1.807, 2.05) is 12.1 Å². The van der Waals surface area contributed by atoms with Crippen molar-refractivity contribution >= 4 is 18.5 Å². The summed E-state index contributed by atoms with van der Waals surface area (Å²) in [7, 11) is 0. The number of aromatic nitrogens is 1. The molecule has 1 aromatic heterocycles. The van der Waals surface area contributed by atoms with Crippen LogP contribution in [0.3, 0.4) is 0 Å². The highest BCUT2D eigenvalue weighted by Gasteiger charge is 2.03. The predicted octanol–water partition coefficient (Wildman–Crippen LogP) is 1.58. The van der Waals surface area contributed by atoms with Gasteiger partial charge in [0.2, 0.25) is 5.91 Å². The van der Waals surface area contributed by atoms with Crippen LogP contribution in [0, 0.1) is 0 Å². The highest BCUT2D eigenvalue weighted by atomic mass is 32.1. The maximum atomic E-state index is 11.2. The summed E-state index contributed by atoms with van der Waals surface area (Å²) in [5.41, 5.74) is 2.14. The molecule has 1 rings (SSSR count). The van der Waals surface area contributed by atoms with Crippen LogP contribution in [0.25, 0.3) is 0 Å². The minimum absolute atomic E-state index is 0.0257. The Morgan fingerprint density at radius 2 is 2.40 bits per heavy atom. The summed E-state index contributed by atoms with van der Waals surface area (Å²) in [5.74, 6) is 0.604. The summed E-state index contributed by atoms with van der Waals surface area (Å²) in [5, 5.41) is 2.82. The number of nitrogens with zero attached hydrogens (tertiary/aromatic N) is 1. The fourth-order valence-electron chi connectivity index (χ4n) is 1.32. The fraction of sp³-hybridized carbons (Fsp3) is 0.455. The van der Waals surface area contributed by atoms with E-state index < -0.39 is 0 Å². The van der Waals surface area contributed by atoms with Gasteiger partial charge in [0.25, 0.3) is 0 Å². The number of carbonyl (C=O) groups excluding carboxylic acids is 1. The fourth-order valence-corrected chi connectivity index (χ4v) is 1.53. The molecule has 0 spiro atoms. The molecule has 0 radical (unpaired) electrons. The maximum Gasteiger partial charge on any atom is 0.221 e. The largest absolute Gasteiger partial charge is 0.350 e. The third kappa shape index (κ3) is 3.91. The molecular weight excluding hydrogens is 208 g/mol. The molecule has 1 aromatic rings. The lowest BCUT2D eigenvalue weighted by molar-refractivity contribution is -0.120. The van der Waals surface area contributed by atoms with Crippen molar-refractivity contribution in [2.24, 2.45) is 0 Å². The third-order valence-electron chi connectivity index (χ3n) is 2.16. The van der Waals surface area contributed by atoms with Crippen molar-refractivity contribution < 1.29 is 4.79 Å². The van der Waals surface area contributed by atoms with Crippen molar-refractivity contribution in [2.45, 2.75) is 26.3 Å². The van der Waals surface area contributed by atoms with Crippen LogP contribution < -0.4 is 5.32 Å². The van der Waals surface area contributed by atoms with E-state index in [0.717, 1.165) is 12.1 Å². The molecule has 1 heterocycles. The molecular formula is C11H16N2OS. The minimum Gasteiger partial charge on any atom is -0.350 e. The second-order valence-electron chi connectivity index (χ2n) is 3.21. The SMILES string of the molecule is CCc1cccnc1CNC(=O)CCS. The lowest BCUT2D eigenvalue weighted by atomic mass is 10.1. The van der Waals surface area contributed by atoms with Gasteiger partial charge in [0.15, 0.2) is 0 Å². The van der Waals surface area contributed by atoms with Crippen LogP contribution in [-0.4, -0.2) is 16.6 Å². The molecule has 82 valence electrons. The number of pyridine rings is 1. The van der Waals surface area contributed by atoms with Crippen LogP contribution in [0.2, 0.25) is 0 Å². The molecule has 1 N–H and O–H groups in total. The van der Waals surface area contributed by atoms with E-state index in [-0.39, 0.29) is 5.91 Å². The van der Waals surface area contributed by atoms with Gasteiger partial charge in [-0.25, -0.2) is 0 Å². The molecule has 0 aliphatic rings. The zero-order chi connectivity index (χ0) is 11.1. The molecule has 0 aliphatic carbocycles. The number of hydrogen-bond donors (Lipinski definition) is 2. The zero-order valence-electron chi connectivity index (χ0n) is 8.86. The molecule has 0 aliphatic heterocycles. The molecule has 0 atom stereocenters. The Hall–Kier alpha value is -1.03. The van der Waals surface area contributed by atoms with E-state index in [2.05, 4.69) is 29.9 Å². The van der Waals surface area contributed by atoms with Crippen molar-refractivity contribution in [1.29, 1.82) is 0 Å². The summed E-state index contributed by atoms with van der Waals surface area (Å²) < 4.78 is 0. The molecule has 0 saturated heterocycles. The number of rotatable bonds is 5. The van der Waals surface area contributed by atoms with Crippen molar-refractivity contribution in [1.82, 2.24) is 10.3 Å². The lowest BCUT2D eigenvalue weighted by Gasteiger charge is -2.07. The van der Waals surface area contributed by atoms with Crippen LogP contribution in [0.5, 0.6) is 0 Å². The highest BCUT2D eigenvalue weighted by Crippen LogP contribution is 2.05. The van der Waals surface area contributed by atoms with Gasteiger partial charge in [0, 0.05) is 12.6 Å². The van der Waals surface area contributed by atoms with Gasteiger partial charge in [-0.15, -0.1) is 0 Å². The first-order chi connectivity index (χ1) is 7.27. The summed E-state index contributed by atoms with van der Waals surface area (Å²) in [4.78, 5) is 15.5. The van der Waals surface area contributed by atoms with Gasteiger partial charge >= 0.3 is 0 Å². The summed E-state index contributed by atoms with van der Waals surface area (Å²) in [6, 6.07) is 3.95. The zero-order valence-corrected chi connectivity index (χ0v) is 9.76. The standard InChI is InChI=1S/C11H16N2OS/c1-2-9-4-3-6-12-10(9)8-13-11(14)5-7-15/h3-4,6,15H,2,5,7-8H2,1H3,(H,13,14). The monoisotopic (exact) mass is 224 g/mol. The average molecular weight is 224 g/mol. The molecule has 0 unspecified atom stereocenters. The minimum atomic E-state index is 0.0257. The molecule has 0 bridgehead atoms. The van der Waals surface area contributed by atoms with Gasteiger partial charge in [-0.1, -0.05) is 13.0 Å². The Balaban J connectivity index is 2.53. The molecule has 3 nitrogen and oxygen atoms in total. The Morgan fingerprint density at radius 3 is 3.07 bits per heavy atom. The van der Waals surface area contributed by atoms with Crippen LogP contribution in [0.4, 0.5) is 0 Å². The van der Waals surface area contributed by atoms with E-state index in [1.54, 1.807) is 6.20 Å². The molecule has 0 fully saturated rings. The van der Waals surface area contributed by atoms with Gasteiger partial charge in [-0.2, -0.15) is 12.6 Å². The number of nitrogens with one attached hydrogen (secondary N) is 1. The first-order valence-electron chi connectivity index (χ1n) is 5.08. The summed E-state index contributed by atoms with van der Waals surface area (Å²) in [6.45, 7) is 2.59. The number of thiol groups is 1. The van der Waals surface area contributed by atoms with Crippen LogP contribution in [-0.2, 0) is 17.8 Å². The number of carbonyl (C=O) groups is 1. The van der Waals surface area contributed by atoms with E-state index in [1.165, 1.54) is 5.56 Å².